The number of rotatable bonds is 8. The summed E-state index contributed by atoms with van der Waals surface area (Å²) in [5.41, 5.74) is -0.652. The number of oxime groups is 1. The van der Waals surface area contributed by atoms with Crippen LogP contribution in [0.2, 0.25) is 0 Å². The van der Waals surface area contributed by atoms with Crippen molar-refractivity contribution in [2.24, 2.45) is 11.1 Å². The normalized spacial score (nSPS) is 18.5. The molecule has 0 saturated carbocycles. The third-order valence-electron chi connectivity index (χ3n) is 5.73. The van der Waals surface area contributed by atoms with Crippen molar-refractivity contribution in [3.63, 3.8) is 0 Å². The molecular weight excluding hydrogens is 420 g/mol. The summed E-state index contributed by atoms with van der Waals surface area (Å²) in [6.07, 6.45) is 0.00993. The van der Waals surface area contributed by atoms with E-state index in [2.05, 4.69) is 10.5 Å². The molecule has 0 bridgehead atoms. The Bertz CT molecular complexity index is 1190. The number of aliphatic carboxylic acids is 1. The monoisotopic (exact) mass is 446 g/mol. The molecule has 1 aliphatic rings. The SMILES string of the molecule is CC(C)[C@H](NC(=O)c1ccc2ccccc2c1)C1=NOC(COc2ccccc2)(C(=O)O)C1. The first-order valence-corrected chi connectivity index (χ1v) is 10.8. The maximum Gasteiger partial charge on any atom is 0.355 e. The van der Waals surface area contributed by atoms with Crippen LogP contribution in [0, 0.1) is 5.92 Å². The van der Waals surface area contributed by atoms with Crippen LogP contribution >= 0.6 is 0 Å². The van der Waals surface area contributed by atoms with Gasteiger partial charge in [-0.25, -0.2) is 4.79 Å². The first-order chi connectivity index (χ1) is 15.9. The fourth-order valence-electron chi connectivity index (χ4n) is 3.83. The second-order valence-electron chi connectivity index (χ2n) is 8.51. The quantitative estimate of drug-likeness (QED) is 0.539. The molecule has 2 N–H and O–H groups in total. The molecule has 1 aliphatic heterocycles. The van der Waals surface area contributed by atoms with E-state index in [-0.39, 0.29) is 24.9 Å². The molecule has 7 nitrogen and oxygen atoms in total. The van der Waals surface area contributed by atoms with E-state index in [0.717, 1.165) is 10.8 Å². The summed E-state index contributed by atoms with van der Waals surface area (Å²) in [6, 6.07) is 21.8. The fourth-order valence-corrected chi connectivity index (χ4v) is 3.83. The average Bonchev–Trinajstić information content (AvgIpc) is 3.27. The van der Waals surface area contributed by atoms with Gasteiger partial charge in [0.2, 0.25) is 0 Å². The molecule has 1 amide bonds. The van der Waals surface area contributed by atoms with Crippen LogP contribution in [0.4, 0.5) is 0 Å². The molecule has 1 heterocycles. The molecule has 0 radical (unpaired) electrons. The molecule has 0 spiro atoms. The number of amides is 1. The molecule has 0 aromatic heterocycles. The molecule has 0 aliphatic carbocycles. The van der Waals surface area contributed by atoms with Crippen molar-refractivity contribution < 1.29 is 24.3 Å². The standard InChI is InChI=1S/C26H26N2O5/c1-17(2)23(27-24(29)20-13-12-18-8-6-7-9-19(18)14-20)22-15-26(25(30)31,33-28-22)16-32-21-10-4-3-5-11-21/h3-14,17,23H,15-16H2,1-2H3,(H,27,29)(H,30,31)/t23-,26?/m0/s1. The van der Waals surface area contributed by atoms with Crippen molar-refractivity contribution in [1.82, 2.24) is 5.32 Å². The van der Waals surface area contributed by atoms with Crippen molar-refractivity contribution in [2.45, 2.75) is 31.9 Å². The maximum absolute atomic E-state index is 13.0. The van der Waals surface area contributed by atoms with E-state index in [1.54, 1.807) is 30.3 Å². The summed E-state index contributed by atoms with van der Waals surface area (Å²) in [5.74, 6) is -0.910. The van der Waals surface area contributed by atoms with Gasteiger partial charge in [0.25, 0.3) is 11.5 Å². The minimum Gasteiger partial charge on any atom is -0.489 e. The Morgan fingerprint density at radius 2 is 1.76 bits per heavy atom. The molecule has 2 atom stereocenters. The number of para-hydroxylation sites is 1. The van der Waals surface area contributed by atoms with Gasteiger partial charge in [-0.1, -0.05) is 67.5 Å². The van der Waals surface area contributed by atoms with Gasteiger partial charge in [0.1, 0.15) is 12.4 Å². The minimum atomic E-state index is -1.65. The lowest BCUT2D eigenvalue weighted by Gasteiger charge is -2.24. The number of carbonyl (C=O) groups excluding carboxylic acids is 1. The van der Waals surface area contributed by atoms with Crippen LogP contribution in [-0.2, 0) is 9.63 Å². The molecule has 1 unspecified atom stereocenters. The average molecular weight is 447 g/mol. The van der Waals surface area contributed by atoms with Crippen molar-refractivity contribution in [1.29, 1.82) is 0 Å². The van der Waals surface area contributed by atoms with Crippen LogP contribution in [0.25, 0.3) is 10.8 Å². The van der Waals surface area contributed by atoms with Gasteiger partial charge in [-0.05, 0) is 41.0 Å². The highest BCUT2D eigenvalue weighted by atomic mass is 16.7. The van der Waals surface area contributed by atoms with Gasteiger partial charge in [0, 0.05) is 12.0 Å². The van der Waals surface area contributed by atoms with Crippen LogP contribution < -0.4 is 10.1 Å². The lowest BCUT2D eigenvalue weighted by molar-refractivity contribution is -0.166. The lowest BCUT2D eigenvalue weighted by Crippen LogP contribution is -2.49. The van der Waals surface area contributed by atoms with Crippen molar-refractivity contribution in [3.8, 4) is 5.75 Å². The molecule has 170 valence electrons. The van der Waals surface area contributed by atoms with Crippen LogP contribution in [-0.4, -0.2) is 40.9 Å². The predicted molar refractivity (Wildman–Crippen MR) is 125 cm³/mol. The summed E-state index contributed by atoms with van der Waals surface area (Å²) >= 11 is 0. The minimum absolute atomic E-state index is 0.00993. The van der Waals surface area contributed by atoms with Crippen LogP contribution in [0.3, 0.4) is 0 Å². The van der Waals surface area contributed by atoms with E-state index < -0.39 is 17.6 Å². The maximum atomic E-state index is 13.0. The molecule has 0 fully saturated rings. The second kappa shape index (κ2) is 9.32. The van der Waals surface area contributed by atoms with E-state index in [9.17, 15) is 14.7 Å². The lowest BCUT2D eigenvalue weighted by atomic mass is 9.90. The van der Waals surface area contributed by atoms with Gasteiger partial charge in [0.05, 0.1) is 11.8 Å². The van der Waals surface area contributed by atoms with Gasteiger partial charge < -0.3 is 20.0 Å². The third kappa shape index (κ3) is 4.82. The Kier molecular flexibility index (Phi) is 6.31. The summed E-state index contributed by atoms with van der Waals surface area (Å²) in [6.45, 7) is 3.67. The van der Waals surface area contributed by atoms with E-state index in [1.165, 1.54) is 0 Å². The predicted octanol–water partition coefficient (Wildman–Crippen LogP) is 4.27. The molecule has 7 heteroatoms. The number of nitrogens with zero attached hydrogens (tertiary/aromatic N) is 1. The number of ether oxygens (including phenoxy) is 1. The highest BCUT2D eigenvalue weighted by Crippen LogP contribution is 2.29. The number of carboxylic acid groups (broad SMARTS) is 1. The zero-order chi connectivity index (χ0) is 23.4. The number of nitrogens with one attached hydrogen (secondary N) is 1. The molecule has 3 aromatic rings. The van der Waals surface area contributed by atoms with Gasteiger partial charge in [-0.2, -0.15) is 0 Å². The molecule has 4 rings (SSSR count). The van der Waals surface area contributed by atoms with Gasteiger partial charge in [-0.3, -0.25) is 4.79 Å². The molecule has 33 heavy (non-hydrogen) atoms. The van der Waals surface area contributed by atoms with Gasteiger partial charge in [0.15, 0.2) is 0 Å². The molecular formula is C26H26N2O5. The summed E-state index contributed by atoms with van der Waals surface area (Å²) in [7, 11) is 0. The zero-order valence-electron chi connectivity index (χ0n) is 18.5. The Balaban J connectivity index is 1.49. The number of carbonyl (C=O) groups is 2. The van der Waals surface area contributed by atoms with Crippen molar-refractivity contribution in [2.75, 3.05) is 6.61 Å². The number of hydrogen-bond donors (Lipinski definition) is 2. The van der Waals surface area contributed by atoms with Crippen molar-refractivity contribution in [3.05, 3.63) is 78.4 Å². The summed E-state index contributed by atoms with van der Waals surface area (Å²) < 4.78 is 5.67. The Morgan fingerprint density at radius 1 is 1.06 bits per heavy atom. The smallest absolute Gasteiger partial charge is 0.355 e. The van der Waals surface area contributed by atoms with E-state index >= 15 is 0 Å². The number of hydrogen-bond acceptors (Lipinski definition) is 5. The first kappa shape index (κ1) is 22.3. The third-order valence-corrected chi connectivity index (χ3v) is 5.73. The molecule has 0 saturated heterocycles. The number of fused-ring (bicyclic) bond motifs is 1. The summed E-state index contributed by atoms with van der Waals surface area (Å²) in [5, 5.41) is 19.0. The highest BCUT2D eigenvalue weighted by molar-refractivity contribution is 6.03. The van der Waals surface area contributed by atoms with Crippen LogP contribution in [0.1, 0.15) is 30.6 Å². The van der Waals surface area contributed by atoms with E-state index in [1.807, 2.05) is 56.3 Å². The Labute approximate surface area is 192 Å². The summed E-state index contributed by atoms with van der Waals surface area (Å²) in [4.78, 5) is 30.5. The van der Waals surface area contributed by atoms with Crippen LogP contribution in [0.5, 0.6) is 5.75 Å². The second-order valence-corrected chi connectivity index (χ2v) is 8.51. The Hall–Kier alpha value is -3.87. The van der Waals surface area contributed by atoms with E-state index in [0.29, 0.717) is 17.0 Å². The largest absolute Gasteiger partial charge is 0.489 e. The van der Waals surface area contributed by atoms with Gasteiger partial charge in [-0.15, -0.1) is 0 Å². The zero-order valence-corrected chi connectivity index (χ0v) is 18.5. The Morgan fingerprint density at radius 3 is 2.45 bits per heavy atom. The number of carboxylic acids is 1. The van der Waals surface area contributed by atoms with E-state index in [4.69, 9.17) is 9.57 Å². The van der Waals surface area contributed by atoms with Crippen LogP contribution in [0.15, 0.2) is 78.0 Å². The highest BCUT2D eigenvalue weighted by Gasteiger charge is 2.50. The van der Waals surface area contributed by atoms with Gasteiger partial charge >= 0.3 is 5.97 Å². The first-order valence-electron chi connectivity index (χ1n) is 10.8. The molecule has 3 aromatic carbocycles. The topological polar surface area (TPSA) is 97.2 Å². The number of benzene rings is 3. The van der Waals surface area contributed by atoms with Crippen molar-refractivity contribution >= 4 is 28.4 Å². The fraction of sp³-hybridized carbons (Fsp3) is 0.269.